The van der Waals surface area contributed by atoms with Gasteiger partial charge in [0.1, 0.15) is 6.61 Å². The first kappa shape index (κ1) is 63.9. The second-order valence-electron chi connectivity index (χ2n) is 19.6. The molecule has 0 saturated heterocycles. The fraction of sp³-hybridized carbons (Fsp3) is 0.836. The standard InChI is InChI=1S/C61H112O5/c1-4-7-10-13-16-19-22-25-28-31-33-36-39-42-45-48-51-54-60(62)65-58-59(57-64-56-53-50-47-44-41-38-35-30-27-24-21-18-15-12-9-6-3)66-61(63)55-52-49-46-43-40-37-34-32-29-26-23-20-17-14-11-8-5-2/h17,20,26,29,34,37,43,46,59H,4-16,18-19,21-25,27-28,30-33,35-36,38-42,44-45,47-58H2,1-3H3/b20-17-,29-26-,37-34-,46-43-/t59-/m1/s1. The van der Waals surface area contributed by atoms with Gasteiger partial charge in [0.25, 0.3) is 0 Å². The highest BCUT2D eigenvalue weighted by molar-refractivity contribution is 5.70. The lowest BCUT2D eigenvalue weighted by molar-refractivity contribution is -0.162. The van der Waals surface area contributed by atoms with Gasteiger partial charge in [0.15, 0.2) is 6.10 Å². The van der Waals surface area contributed by atoms with Gasteiger partial charge in [-0.15, -0.1) is 0 Å². The first-order valence-corrected chi connectivity index (χ1v) is 29.2. The Morgan fingerprint density at radius 3 is 1.06 bits per heavy atom. The summed E-state index contributed by atoms with van der Waals surface area (Å²) in [6.07, 6.45) is 71.4. The minimum absolute atomic E-state index is 0.0691. The van der Waals surface area contributed by atoms with E-state index in [2.05, 4.69) is 69.4 Å². The van der Waals surface area contributed by atoms with Gasteiger partial charge >= 0.3 is 11.9 Å². The van der Waals surface area contributed by atoms with Gasteiger partial charge in [-0.1, -0.05) is 281 Å². The first-order chi connectivity index (χ1) is 32.6. The van der Waals surface area contributed by atoms with Gasteiger partial charge in [-0.25, -0.2) is 0 Å². The highest BCUT2D eigenvalue weighted by Gasteiger charge is 2.17. The van der Waals surface area contributed by atoms with Gasteiger partial charge < -0.3 is 14.2 Å². The largest absolute Gasteiger partial charge is 0.462 e. The lowest BCUT2D eigenvalue weighted by Crippen LogP contribution is -2.30. The topological polar surface area (TPSA) is 61.8 Å². The van der Waals surface area contributed by atoms with E-state index in [9.17, 15) is 9.59 Å². The number of carbonyl (C=O) groups is 2. The summed E-state index contributed by atoms with van der Waals surface area (Å²) in [5, 5.41) is 0. The smallest absolute Gasteiger partial charge is 0.306 e. The number of rotatable bonds is 54. The summed E-state index contributed by atoms with van der Waals surface area (Å²) in [6, 6.07) is 0. The highest BCUT2D eigenvalue weighted by atomic mass is 16.6. The van der Waals surface area contributed by atoms with Crippen molar-refractivity contribution in [3.8, 4) is 0 Å². The van der Waals surface area contributed by atoms with Gasteiger partial charge in [-0.2, -0.15) is 0 Å². The van der Waals surface area contributed by atoms with Crippen molar-refractivity contribution in [1.29, 1.82) is 0 Å². The first-order valence-electron chi connectivity index (χ1n) is 29.2. The Balaban J connectivity index is 4.31. The van der Waals surface area contributed by atoms with Crippen molar-refractivity contribution >= 4 is 11.9 Å². The van der Waals surface area contributed by atoms with Crippen LogP contribution in [0.25, 0.3) is 0 Å². The Hall–Kier alpha value is -2.14. The van der Waals surface area contributed by atoms with Crippen LogP contribution in [-0.4, -0.2) is 37.9 Å². The van der Waals surface area contributed by atoms with Crippen molar-refractivity contribution in [1.82, 2.24) is 0 Å². The van der Waals surface area contributed by atoms with Crippen molar-refractivity contribution in [3.63, 3.8) is 0 Å². The molecule has 0 aromatic heterocycles. The van der Waals surface area contributed by atoms with Crippen molar-refractivity contribution in [2.45, 2.75) is 309 Å². The molecule has 0 unspecified atom stereocenters. The molecule has 0 rings (SSSR count). The monoisotopic (exact) mass is 925 g/mol. The number of allylic oxidation sites excluding steroid dienone is 8. The fourth-order valence-electron chi connectivity index (χ4n) is 8.51. The van der Waals surface area contributed by atoms with Gasteiger partial charge in [0.05, 0.1) is 6.61 Å². The predicted octanol–water partition coefficient (Wildman–Crippen LogP) is 19.9. The Bertz CT molecular complexity index is 1090. The molecule has 0 aliphatic rings. The molecule has 0 saturated carbocycles. The van der Waals surface area contributed by atoms with Crippen LogP contribution in [0.4, 0.5) is 0 Å². The zero-order valence-electron chi connectivity index (χ0n) is 44.5. The minimum atomic E-state index is -0.561. The molecule has 0 bridgehead atoms. The van der Waals surface area contributed by atoms with Crippen LogP contribution in [0.5, 0.6) is 0 Å². The minimum Gasteiger partial charge on any atom is -0.462 e. The number of ether oxygens (including phenoxy) is 3. The third kappa shape index (κ3) is 54.5. The van der Waals surface area contributed by atoms with Crippen LogP contribution < -0.4 is 0 Å². The molecule has 0 amide bonds. The van der Waals surface area contributed by atoms with Crippen LogP contribution in [0.2, 0.25) is 0 Å². The van der Waals surface area contributed by atoms with Crippen molar-refractivity contribution in [2.24, 2.45) is 0 Å². The zero-order valence-corrected chi connectivity index (χ0v) is 44.5. The maximum atomic E-state index is 12.8. The molecule has 0 aliphatic carbocycles. The van der Waals surface area contributed by atoms with Crippen molar-refractivity contribution in [2.75, 3.05) is 19.8 Å². The van der Waals surface area contributed by atoms with Gasteiger partial charge in [-0.05, 0) is 57.8 Å². The van der Waals surface area contributed by atoms with E-state index < -0.39 is 6.10 Å². The number of hydrogen-bond acceptors (Lipinski definition) is 5. The molecule has 0 spiro atoms. The third-order valence-electron chi connectivity index (χ3n) is 12.9. The van der Waals surface area contributed by atoms with E-state index in [0.717, 1.165) is 57.8 Å². The molecule has 5 nitrogen and oxygen atoms in total. The second kappa shape index (κ2) is 57.2. The maximum Gasteiger partial charge on any atom is 0.306 e. The van der Waals surface area contributed by atoms with Crippen LogP contribution in [0.3, 0.4) is 0 Å². The maximum absolute atomic E-state index is 12.8. The van der Waals surface area contributed by atoms with Gasteiger partial charge in [0.2, 0.25) is 0 Å². The van der Waals surface area contributed by atoms with E-state index in [1.165, 1.54) is 212 Å². The summed E-state index contributed by atoms with van der Waals surface area (Å²) in [6.45, 7) is 7.80. The van der Waals surface area contributed by atoms with Crippen molar-refractivity contribution in [3.05, 3.63) is 48.6 Å². The molecule has 5 heteroatoms. The average Bonchev–Trinajstić information content (AvgIpc) is 3.32. The molecular formula is C61H112O5. The van der Waals surface area contributed by atoms with E-state index in [0.29, 0.717) is 19.4 Å². The number of hydrogen-bond donors (Lipinski definition) is 0. The Morgan fingerprint density at radius 2 is 0.652 bits per heavy atom. The highest BCUT2D eigenvalue weighted by Crippen LogP contribution is 2.16. The van der Waals surface area contributed by atoms with E-state index in [-0.39, 0.29) is 25.2 Å². The summed E-state index contributed by atoms with van der Waals surface area (Å²) in [7, 11) is 0. The number of unbranched alkanes of at least 4 members (excludes halogenated alkanes) is 35. The number of carbonyl (C=O) groups excluding carboxylic acids is 2. The molecule has 1 atom stereocenters. The summed E-state index contributed by atoms with van der Waals surface area (Å²) in [5.74, 6) is -0.443. The molecule has 0 heterocycles. The molecule has 66 heavy (non-hydrogen) atoms. The predicted molar refractivity (Wildman–Crippen MR) is 288 cm³/mol. The zero-order chi connectivity index (χ0) is 47.7. The fourth-order valence-corrected chi connectivity index (χ4v) is 8.51. The lowest BCUT2D eigenvalue weighted by Gasteiger charge is -2.18. The summed E-state index contributed by atoms with van der Waals surface area (Å²) in [4.78, 5) is 25.5. The van der Waals surface area contributed by atoms with Crippen LogP contribution in [0, 0.1) is 0 Å². The molecule has 0 aromatic rings. The summed E-state index contributed by atoms with van der Waals surface area (Å²) in [5.41, 5.74) is 0. The molecular weight excluding hydrogens is 813 g/mol. The summed E-state index contributed by atoms with van der Waals surface area (Å²) < 4.78 is 17.4. The van der Waals surface area contributed by atoms with E-state index >= 15 is 0 Å². The van der Waals surface area contributed by atoms with E-state index in [1.54, 1.807) is 0 Å². The van der Waals surface area contributed by atoms with Crippen LogP contribution in [0.15, 0.2) is 48.6 Å². The van der Waals surface area contributed by atoms with E-state index in [1.807, 2.05) is 0 Å². The molecule has 386 valence electrons. The quantitative estimate of drug-likeness (QED) is 0.0345. The summed E-state index contributed by atoms with van der Waals surface area (Å²) >= 11 is 0. The molecule has 0 radical (unpaired) electrons. The molecule has 0 aliphatic heterocycles. The Labute approximate surface area is 412 Å². The van der Waals surface area contributed by atoms with Crippen LogP contribution in [-0.2, 0) is 23.8 Å². The Kier molecular flexibility index (Phi) is 55.3. The Morgan fingerprint density at radius 1 is 0.333 bits per heavy atom. The lowest BCUT2D eigenvalue weighted by atomic mass is 10.0. The second-order valence-corrected chi connectivity index (χ2v) is 19.6. The van der Waals surface area contributed by atoms with E-state index in [4.69, 9.17) is 14.2 Å². The SMILES string of the molecule is CCCCC/C=C\C/C=C\C/C=C\C/C=C\CCCC(=O)O[C@H](COCCCCCCCCCCCCCCCCCC)COC(=O)CCCCCCCCCCCCCCCCCCC. The van der Waals surface area contributed by atoms with Gasteiger partial charge in [0, 0.05) is 19.4 Å². The van der Waals surface area contributed by atoms with Crippen molar-refractivity contribution < 1.29 is 23.8 Å². The van der Waals surface area contributed by atoms with Gasteiger partial charge in [-0.3, -0.25) is 9.59 Å². The molecule has 0 aromatic carbocycles. The van der Waals surface area contributed by atoms with Crippen LogP contribution >= 0.6 is 0 Å². The average molecular weight is 926 g/mol. The molecule has 0 N–H and O–H groups in total. The number of esters is 2. The van der Waals surface area contributed by atoms with Crippen LogP contribution in [0.1, 0.15) is 303 Å². The third-order valence-corrected chi connectivity index (χ3v) is 12.9. The molecule has 0 fully saturated rings. The normalized spacial score (nSPS) is 12.5.